The first-order valence-electron chi connectivity index (χ1n) is 2.84. The van der Waals surface area contributed by atoms with Gasteiger partial charge in [-0.05, 0) is 11.6 Å². The summed E-state index contributed by atoms with van der Waals surface area (Å²) in [5, 5.41) is 10.1. The third-order valence-electron chi connectivity index (χ3n) is 1.20. The van der Waals surface area contributed by atoms with E-state index in [1.165, 1.54) is 18.4 Å². The molecule has 1 aliphatic heterocycles. The molecule has 0 radical (unpaired) electrons. The molecule has 0 bridgehead atoms. The maximum Gasteiger partial charge on any atom is 0.342 e. The fourth-order valence-electron chi connectivity index (χ4n) is 0.652. The van der Waals surface area contributed by atoms with Crippen LogP contribution < -0.4 is 5.06 Å². The lowest BCUT2D eigenvalue weighted by molar-refractivity contribution is -0.701. The van der Waals surface area contributed by atoms with Crippen LogP contribution >= 0.6 is 0 Å². The molecular weight excluding hydrogens is 130 g/mol. The van der Waals surface area contributed by atoms with Crippen molar-refractivity contribution in [2.45, 2.75) is 0 Å². The van der Waals surface area contributed by atoms with Gasteiger partial charge in [0.05, 0.1) is 6.08 Å². The second-order valence-electron chi connectivity index (χ2n) is 1.91. The predicted octanol–water partition coefficient (Wildman–Crippen LogP) is -0.465. The summed E-state index contributed by atoms with van der Waals surface area (Å²) in [6.45, 7) is 3.46. The summed E-state index contributed by atoms with van der Waals surface area (Å²) >= 11 is 0. The lowest BCUT2D eigenvalue weighted by Gasteiger charge is -2.15. The molecule has 1 amide bonds. The van der Waals surface area contributed by atoms with Crippen LogP contribution in [-0.4, -0.2) is 5.91 Å². The Kier molecular flexibility index (Phi) is 1.80. The molecule has 10 heavy (non-hydrogen) atoms. The van der Waals surface area contributed by atoms with Crippen LogP contribution in [0.25, 0.3) is 0 Å². The van der Waals surface area contributed by atoms with E-state index in [0.29, 0.717) is 5.57 Å². The fraction of sp³-hybridized carbons (Fsp3) is 0. The lowest BCUT2D eigenvalue weighted by Crippen LogP contribution is -3.05. The Morgan fingerprint density at radius 2 is 2.40 bits per heavy atom. The second kappa shape index (κ2) is 2.60. The highest BCUT2D eigenvalue weighted by Crippen LogP contribution is 1.97. The summed E-state index contributed by atoms with van der Waals surface area (Å²) in [5.74, 6) is -0.475. The van der Waals surface area contributed by atoms with Gasteiger partial charge in [0.2, 0.25) is 0 Å². The van der Waals surface area contributed by atoms with E-state index in [9.17, 15) is 10.0 Å². The van der Waals surface area contributed by atoms with Crippen molar-refractivity contribution < 1.29 is 9.86 Å². The standard InChI is InChI=1S/C7H7NO2/c1-2-6-3-4-8(10)7(9)5-6/h2-5,8H,1H2. The SMILES string of the molecule is C=CC1=CC(=O)[NH+]([O-])C=C1. The molecule has 3 nitrogen and oxygen atoms in total. The highest BCUT2D eigenvalue weighted by Gasteiger charge is 2.08. The minimum Gasteiger partial charge on any atom is -0.621 e. The lowest BCUT2D eigenvalue weighted by atomic mass is 10.2. The quantitative estimate of drug-likeness (QED) is 0.497. The zero-order valence-electron chi connectivity index (χ0n) is 5.33. The molecule has 1 atom stereocenters. The number of carbonyl (C=O) groups is 1. The van der Waals surface area contributed by atoms with Crippen molar-refractivity contribution in [3.63, 3.8) is 0 Å². The number of hydroxylamine groups is 2. The number of amides is 1. The molecule has 0 aromatic heterocycles. The summed E-state index contributed by atoms with van der Waals surface area (Å²) in [7, 11) is 0. The van der Waals surface area contributed by atoms with Crippen molar-refractivity contribution in [2.24, 2.45) is 0 Å². The molecule has 1 aliphatic rings. The molecular formula is C7H7NO2. The van der Waals surface area contributed by atoms with E-state index in [1.54, 1.807) is 6.08 Å². The number of allylic oxidation sites excluding steroid dienone is 3. The Hall–Kier alpha value is -1.19. The van der Waals surface area contributed by atoms with Crippen LogP contribution in [0.2, 0.25) is 0 Å². The molecule has 52 valence electrons. The largest absolute Gasteiger partial charge is 0.621 e. The maximum absolute atomic E-state index is 10.6. The summed E-state index contributed by atoms with van der Waals surface area (Å²) in [5.41, 5.74) is 0.685. The minimum atomic E-state index is -0.475. The van der Waals surface area contributed by atoms with Crippen LogP contribution in [-0.2, 0) is 4.79 Å². The number of nitrogens with one attached hydrogen (secondary N) is 1. The molecule has 0 spiro atoms. The summed E-state index contributed by atoms with van der Waals surface area (Å²) in [6, 6.07) is 0. The van der Waals surface area contributed by atoms with Crippen LogP contribution in [0.4, 0.5) is 0 Å². The van der Waals surface area contributed by atoms with Crippen molar-refractivity contribution in [1.29, 1.82) is 0 Å². The van der Waals surface area contributed by atoms with Crippen LogP contribution in [0.15, 0.2) is 36.6 Å². The molecule has 0 aliphatic carbocycles. The third kappa shape index (κ3) is 1.21. The van der Waals surface area contributed by atoms with Gasteiger partial charge in [0.15, 0.2) is 0 Å². The number of carbonyl (C=O) groups excluding carboxylic acids is 1. The van der Waals surface area contributed by atoms with E-state index in [4.69, 9.17) is 0 Å². The first kappa shape index (κ1) is 6.92. The van der Waals surface area contributed by atoms with E-state index >= 15 is 0 Å². The summed E-state index contributed by atoms with van der Waals surface area (Å²) in [6.07, 6.45) is 5.62. The summed E-state index contributed by atoms with van der Waals surface area (Å²) < 4.78 is 0. The van der Waals surface area contributed by atoms with Crippen molar-refractivity contribution >= 4 is 5.91 Å². The van der Waals surface area contributed by atoms with E-state index in [0.717, 1.165) is 0 Å². The van der Waals surface area contributed by atoms with Crippen LogP contribution in [0.3, 0.4) is 0 Å². The van der Waals surface area contributed by atoms with Crippen molar-refractivity contribution in [2.75, 3.05) is 0 Å². The molecule has 0 aromatic carbocycles. The highest BCUT2D eigenvalue weighted by atomic mass is 16.5. The molecule has 1 rings (SSSR count). The first-order valence-corrected chi connectivity index (χ1v) is 2.84. The van der Waals surface area contributed by atoms with Gasteiger partial charge in [0, 0.05) is 0 Å². The van der Waals surface area contributed by atoms with Gasteiger partial charge in [-0.3, -0.25) is 5.06 Å². The van der Waals surface area contributed by atoms with Crippen molar-refractivity contribution in [1.82, 2.24) is 0 Å². The molecule has 0 saturated carbocycles. The van der Waals surface area contributed by atoms with Crippen LogP contribution in [0.5, 0.6) is 0 Å². The number of hydrogen-bond donors (Lipinski definition) is 1. The Bertz CT molecular complexity index is 228. The molecule has 0 fully saturated rings. The molecule has 0 aromatic rings. The molecule has 3 heteroatoms. The molecule has 0 saturated heterocycles. The van der Waals surface area contributed by atoms with Gasteiger partial charge >= 0.3 is 5.91 Å². The van der Waals surface area contributed by atoms with Gasteiger partial charge in [-0.2, -0.15) is 0 Å². The van der Waals surface area contributed by atoms with Crippen molar-refractivity contribution in [3.05, 3.63) is 41.8 Å². The van der Waals surface area contributed by atoms with Gasteiger partial charge in [-0.15, -0.1) is 0 Å². The number of rotatable bonds is 1. The Morgan fingerprint density at radius 1 is 1.70 bits per heavy atom. The van der Waals surface area contributed by atoms with Crippen LogP contribution in [0, 0.1) is 5.21 Å². The smallest absolute Gasteiger partial charge is 0.342 e. The average molecular weight is 137 g/mol. The van der Waals surface area contributed by atoms with E-state index in [1.807, 2.05) is 0 Å². The van der Waals surface area contributed by atoms with E-state index < -0.39 is 11.0 Å². The molecule has 1 heterocycles. The average Bonchev–Trinajstić information content (AvgIpc) is 1.95. The molecule has 1 N–H and O–H groups in total. The first-order chi connectivity index (χ1) is 4.74. The number of quaternary nitrogens is 1. The van der Waals surface area contributed by atoms with E-state index in [-0.39, 0.29) is 0 Å². The van der Waals surface area contributed by atoms with Gasteiger partial charge in [-0.25, -0.2) is 4.79 Å². The Balaban J connectivity index is 2.85. The Morgan fingerprint density at radius 3 is 2.90 bits per heavy atom. The van der Waals surface area contributed by atoms with E-state index in [2.05, 4.69) is 6.58 Å². The highest BCUT2D eigenvalue weighted by molar-refractivity contribution is 5.83. The predicted molar refractivity (Wildman–Crippen MR) is 36.8 cm³/mol. The minimum absolute atomic E-state index is 0.467. The zero-order valence-corrected chi connectivity index (χ0v) is 5.33. The molecule has 1 unspecified atom stereocenters. The van der Waals surface area contributed by atoms with Gasteiger partial charge < -0.3 is 5.21 Å². The van der Waals surface area contributed by atoms with Gasteiger partial charge in [0.1, 0.15) is 6.20 Å². The normalized spacial score (nSPS) is 24.3. The van der Waals surface area contributed by atoms with Crippen LogP contribution in [0.1, 0.15) is 0 Å². The van der Waals surface area contributed by atoms with Crippen molar-refractivity contribution in [3.8, 4) is 0 Å². The fourth-order valence-corrected chi connectivity index (χ4v) is 0.652. The van der Waals surface area contributed by atoms with Gasteiger partial charge in [-0.1, -0.05) is 12.7 Å². The maximum atomic E-state index is 10.6. The summed E-state index contributed by atoms with van der Waals surface area (Å²) in [4.78, 5) is 10.6. The Labute approximate surface area is 58.5 Å². The van der Waals surface area contributed by atoms with Gasteiger partial charge in [0.25, 0.3) is 0 Å². The topological polar surface area (TPSA) is 44.6 Å². The monoisotopic (exact) mass is 137 g/mol. The third-order valence-corrected chi connectivity index (χ3v) is 1.20. The zero-order chi connectivity index (χ0) is 7.56. The second-order valence-corrected chi connectivity index (χ2v) is 1.91. The number of hydrogen-bond acceptors (Lipinski definition) is 2.